The molecule has 0 radical (unpaired) electrons. The van der Waals surface area contributed by atoms with Crippen LogP contribution in [0.2, 0.25) is 0 Å². The molecule has 84 valence electrons. The maximum Gasteiger partial charge on any atom is 0.0587 e. The van der Waals surface area contributed by atoms with Crippen LogP contribution < -0.4 is 5.32 Å². The Balaban J connectivity index is 2.29. The van der Waals surface area contributed by atoms with Crippen LogP contribution in [0.3, 0.4) is 0 Å². The van der Waals surface area contributed by atoms with Crippen LogP contribution >= 0.6 is 11.8 Å². The molecule has 0 aromatic heterocycles. The van der Waals surface area contributed by atoms with Crippen molar-refractivity contribution in [1.82, 2.24) is 5.32 Å². The summed E-state index contributed by atoms with van der Waals surface area (Å²) < 4.78 is 4.96. The van der Waals surface area contributed by atoms with E-state index in [0.29, 0.717) is 0 Å². The molecule has 1 N–H and O–H groups in total. The van der Waals surface area contributed by atoms with Gasteiger partial charge in [-0.05, 0) is 23.4 Å². The van der Waals surface area contributed by atoms with Gasteiger partial charge in [0.05, 0.1) is 6.61 Å². The minimum absolute atomic E-state index is 0.768. The van der Waals surface area contributed by atoms with Crippen molar-refractivity contribution in [2.75, 3.05) is 26.0 Å². The summed E-state index contributed by atoms with van der Waals surface area (Å²) in [6, 6.07) is 8.72. The monoisotopic (exact) mass is 225 g/mol. The summed E-state index contributed by atoms with van der Waals surface area (Å²) in [7, 11) is 1.72. The Kier molecular flexibility index (Phi) is 6.48. The van der Waals surface area contributed by atoms with Gasteiger partial charge in [-0.1, -0.05) is 19.1 Å². The zero-order valence-corrected chi connectivity index (χ0v) is 10.3. The first kappa shape index (κ1) is 12.6. The van der Waals surface area contributed by atoms with E-state index in [1.165, 1.54) is 10.5 Å². The van der Waals surface area contributed by atoms with E-state index in [0.717, 1.165) is 25.4 Å². The minimum atomic E-state index is 0.768. The molecule has 0 atom stereocenters. The van der Waals surface area contributed by atoms with Crippen molar-refractivity contribution in [3.05, 3.63) is 29.8 Å². The lowest BCUT2D eigenvalue weighted by Gasteiger charge is -2.05. The van der Waals surface area contributed by atoms with Gasteiger partial charge in [-0.15, -0.1) is 11.8 Å². The Morgan fingerprint density at radius 3 is 2.60 bits per heavy atom. The van der Waals surface area contributed by atoms with Crippen LogP contribution in [0.1, 0.15) is 12.5 Å². The molecule has 0 heterocycles. The molecular formula is C12H19NOS. The lowest BCUT2D eigenvalue weighted by Crippen LogP contribution is -2.18. The standard InChI is InChI=1S/C12H19NOS/c1-3-15-12-6-4-11(5-7-12)10-13-8-9-14-2/h4-7,13H,3,8-10H2,1-2H3. The van der Waals surface area contributed by atoms with Crippen molar-refractivity contribution in [3.63, 3.8) is 0 Å². The van der Waals surface area contributed by atoms with E-state index >= 15 is 0 Å². The Morgan fingerprint density at radius 2 is 2.00 bits per heavy atom. The molecule has 2 nitrogen and oxygen atoms in total. The van der Waals surface area contributed by atoms with E-state index < -0.39 is 0 Å². The summed E-state index contributed by atoms with van der Waals surface area (Å²) in [6.07, 6.45) is 0. The summed E-state index contributed by atoms with van der Waals surface area (Å²) in [6.45, 7) is 4.76. The third-order valence-corrected chi connectivity index (χ3v) is 2.94. The molecular weight excluding hydrogens is 206 g/mol. The highest BCUT2D eigenvalue weighted by molar-refractivity contribution is 7.99. The summed E-state index contributed by atoms with van der Waals surface area (Å²) in [5, 5.41) is 3.32. The number of benzene rings is 1. The summed E-state index contributed by atoms with van der Waals surface area (Å²) in [4.78, 5) is 1.35. The second-order valence-electron chi connectivity index (χ2n) is 3.25. The Morgan fingerprint density at radius 1 is 1.27 bits per heavy atom. The maximum atomic E-state index is 4.96. The maximum absolute atomic E-state index is 4.96. The third-order valence-electron chi connectivity index (χ3n) is 2.05. The van der Waals surface area contributed by atoms with E-state index in [9.17, 15) is 0 Å². The fraction of sp³-hybridized carbons (Fsp3) is 0.500. The van der Waals surface area contributed by atoms with Gasteiger partial charge in [0.2, 0.25) is 0 Å². The van der Waals surface area contributed by atoms with E-state index in [2.05, 4.69) is 36.5 Å². The van der Waals surface area contributed by atoms with E-state index in [4.69, 9.17) is 4.74 Å². The van der Waals surface area contributed by atoms with Crippen LogP contribution in [0.4, 0.5) is 0 Å². The molecule has 0 aliphatic rings. The normalized spacial score (nSPS) is 10.5. The molecule has 1 rings (SSSR count). The van der Waals surface area contributed by atoms with Gasteiger partial charge in [-0.25, -0.2) is 0 Å². The first-order chi connectivity index (χ1) is 7.36. The zero-order valence-electron chi connectivity index (χ0n) is 9.45. The predicted octanol–water partition coefficient (Wildman–Crippen LogP) is 2.53. The lowest BCUT2D eigenvalue weighted by molar-refractivity contribution is 0.199. The SMILES string of the molecule is CCSc1ccc(CNCCOC)cc1. The van der Waals surface area contributed by atoms with Gasteiger partial charge < -0.3 is 10.1 Å². The number of hydrogen-bond donors (Lipinski definition) is 1. The second-order valence-corrected chi connectivity index (χ2v) is 4.58. The molecule has 0 bridgehead atoms. The molecule has 1 aromatic rings. The first-order valence-corrected chi connectivity index (χ1v) is 6.26. The number of rotatable bonds is 7. The van der Waals surface area contributed by atoms with Gasteiger partial charge >= 0.3 is 0 Å². The largest absolute Gasteiger partial charge is 0.383 e. The van der Waals surface area contributed by atoms with Crippen LogP contribution in [0.5, 0.6) is 0 Å². The molecule has 3 heteroatoms. The van der Waals surface area contributed by atoms with Crippen molar-refractivity contribution in [1.29, 1.82) is 0 Å². The number of hydrogen-bond acceptors (Lipinski definition) is 3. The van der Waals surface area contributed by atoms with Gasteiger partial charge in [-0.2, -0.15) is 0 Å². The molecule has 0 aliphatic carbocycles. The van der Waals surface area contributed by atoms with E-state index in [1.807, 2.05) is 11.8 Å². The van der Waals surface area contributed by atoms with Crippen LogP contribution in [-0.4, -0.2) is 26.0 Å². The van der Waals surface area contributed by atoms with Gasteiger partial charge in [-0.3, -0.25) is 0 Å². The quantitative estimate of drug-likeness (QED) is 0.569. The van der Waals surface area contributed by atoms with E-state index in [-0.39, 0.29) is 0 Å². The molecule has 0 saturated carbocycles. The zero-order chi connectivity index (χ0) is 10.9. The van der Waals surface area contributed by atoms with Crippen LogP contribution in [-0.2, 0) is 11.3 Å². The van der Waals surface area contributed by atoms with Crippen LogP contribution in [0.15, 0.2) is 29.2 Å². The van der Waals surface area contributed by atoms with Gasteiger partial charge in [0.15, 0.2) is 0 Å². The summed E-state index contributed by atoms with van der Waals surface area (Å²) >= 11 is 1.88. The molecule has 0 unspecified atom stereocenters. The highest BCUT2D eigenvalue weighted by Gasteiger charge is 1.94. The van der Waals surface area contributed by atoms with E-state index in [1.54, 1.807) is 7.11 Å². The van der Waals surface area contributed by atoms with Crippen molar-refractivity contribution in [3.8, 4) is 0 Å². The van der Waals surface area contributed by atoms with Gasteiger partial charge in [0.1, 0.15) is 0 Å². The summed E-state index contributed by atoms with van der Waals surface area (Å²) in [5.74, 6) is 1.13. The predicted molar refractivity (Wildman–Crippen MR) is 66.4 cm³/mol. The highest BCUT2D eigenvalue weighted by Crippen LogP contribution is 2.17. The Hall–Kier alpha value is -0.510. The highest BCUT2D eigenvalue weighted by atomic mass is 32.2. The fourth-order valence-corrected chi connectivity index (χ4v) is 1.94. The smallest absolute Gasteiger partial charge is 0.0587 e. The topological polar surface area (TPSA) is 21.3 Å². The lowest BCUT2D eigenvalue weighted by atomic mass is 10.2. The average Bonchev–Trinajstić information content (AvgIpc) is 2.27. The molecule has 0 fully saturated rings. The summed E-state index contributed by atoms with van der Waals surface area (Å²) in [5.41, 5.74) is 1.33. The first-order valence-electron chi connectivity index (χ1n) is 5.28. The molecule has 1 aromatic carbocycles. The van der Waals surface area contributed by atoms with Crippen molar-refractivity contribution < 1.29 is 4.74 Å². The number of methoxy groups -OCH3 is 1. The fourth-order valence-electron chi connectivity index (χ4n) is 1.28. The Bertz CT molecular complexity index is 261. The van der Waals surface area contributed by atoms with Gasteiger partial charge in [0, 0.05) is 25.1 Å². The molecule has 0 aliphatic heterocycles. The van der Waals surface area contributed by atoms with Crippen molar-refractivity contribution in [2.45, 2.75) is 18.4 Å². The molecule has 0 spiro atoms. The number of nitrogens with one attached hydrogen (secondary N) is 1. The van der Waals surface area contributed by atoms with Crippen LogP contribution in [0.25, 0.3) is 0 Å². The number of thioether (sulfide) groups is 1. The Labute approximate surface area is 96.4 Å². The van der Waals surface area contributed by atoms with Crippen molar-refractivity contribution >= 4 is 11.8 Å². The van der Waals surface area contributed by atoms with Crippen molar-refractivity contribution in [2.24, 2.45) is 0 Å². The molecule has 15 heavy (non-hydrogen) atoms. The molecule has 0 saturated heterocycles. The third kappa shape index (κ3) is 5.21. The second kappa shape index (κ2) is 7.74. The van der Waals surface area contributed by atoms with Gasteiger partial charge in [0.25, 0.3) is 0 Å². The average molecular weight is 225 g/mol. The number of ether oxygens (including phenoxy) is 1. The molecule has 0 amide bonds. The van der Waals surface area contributed by atoms with Crippen LogP contribution in [0, 0.1) is 0 Å². The minimum Gasteiger partial charge on any atom is -0.383 e.